The van der Waals surface area contributed by atoms with E-state index in [9.17, 15) is 18.0 Å². The fourth-order valence-corrected chi connectivity index (χ4v) is 7.79. The number of thioether (sulfide) groups is 1. The second-order valence-corrected chi connectivity index (χ2v) is 14.8. The molecule has 2 amide bonds. The number of pyridine rings is 1. The predicted octanol–water partition coefficient (Wildman–Crippen LogP) is 5.52. The highest BCUT2D eigenvalue weighted by Crippen LogP contribution is 2.33. The number of nitrogens with one attached hydrogen (secondary N) is 2. The van der Waals surface area contributed by atoms with Gasteiger partial charge in [-0.1, -0.05) is 12.1 Å². The van der Waals surface area contributed by atoms with Crippen LogP contribution in [0, 0.1) is 0 Å². The van der Waals surface area contributed by atoms with Crippen molar-refractivity contribution in [2.75, 3.05) is 51.6 Å². The average Bonchev–Trinajstić information content (AvgIpc) is 3.59. The Balaban J connectivity index is 0.849. The van der Waals surface area contributed by atoms with Crippen LogP contribution in [0.3, 0.4) is 0 Å². The molecule has 12 nitrogen and oxygen atoms in total. The van der Waals surface area contributed by atoms with Gasteiger partial charge in [0.2, 0.25) is 11.8 Å². The molecule has 1 fully saturated rings. The van der Waals surface area contributed by atoms with Crippen LogP contribution in [0.15, 0.2) is 82.2 Å². The molecule has 0 spiro atoms. The molecular weight excluding hydrogens is 713 g/mol. The van der Waals surface area contributed by atoms with Crippen LogP contribution < -0.4 is 15.4 Å². The Hall–Kier alpha value is -4.12. The predicted molar refractivity (Wildman–Crippen MR) is 198 cm³/mol. The number of anilines is 2. The third-order valence-electron chi connectivity index (χ3n) is 7.98. The van der Waals surface area contributed by atoms with Gasteiger partial charge in [-0.2, -0.15) is 0 Å². The summed E-state index contributed by atoms with van der Waals surface area (Å²) in [5.74, 6) is -0.192. The molecule has 1 aliphatic rings. The minimum atomic E-state index is -2.92. The van der Waals surface area contributed by atoms with E-state index in [0.717, 1.165) is 39.3 Å². The van der Waals surface area contributed by atoms with Gasteiger partial charge >= 0.3 is 0 Å². The molecule has 0 radical (unpaired) electrons. The number of aryl methyl sites for hydroxylation is 1. The zero-order chi connectivity index (χ0) is 35.4. The number of hydrogen-bond donors (Lipinski definition) is 3. The molecule has 15 heteroatoms. The van der Waals surface area contributed by atoms with Crippen LogP contribution >= 0.6 is 23.1 Å². The Bertz CT molecular complexity index is 2050. The first-order chi connectivity index (χ1) is 24.9. The second-order valence-electron chi connectivity index (χ2n) is 11.6. The smallest absolute Gasteiger partial charge is 0.240 e. The highest BCUT2D eigenvalue weighted by atomic mass is 32.2. The van der Waals surface area contributed by atoms with Gasteiger partial charge < -0.3 is 24.3 Å². The molecule has 0 aliphatic carbocycles. The van der Waals surface area contributed by atoms with Crippen molar-refractivity contribution >= 4 is 78.1 Å². The standard InChI is InChI=1S/C36H38N4O8S3/c41-35-9-8-33(36(42)40-35)50-26-5-1-3-24(19-26)4-2-12-45-13-14-46-15-16-47-17-18-48-31-22-29-27(21-34(31)51(43)44)28(10-11-37-29)39-25-6-7-32-30(20-25)38-23-49-32/h1,3,5-7,10-11,19-23,33,51H,2,4,8-9,12-18H2,(H,37,39)(H,40,41,42). The van der Waals surface area contributed by atoms with Crippen LogP contribution in [0.1, 0.15) is 24.8 Å². The monoisotopic (exact) mass is 750 g/mol. The Labute approximate surface area is 305 Å². The number of piperidine rings is 1. The zero-order valence-electron chi connectivity index (χ0n) is 27.7. The van der Waals surface area contributed by atoms with E-state index in [4.69, 9.17) is 18.9 Å². The Morgan fingerprint density at radius 1 is 0.882 bits per heavy atom. The van der Waals surface area contributed by atoms with Gasteiger partial charge in [-0.3, -0.25) is 19.9 Å². The molecule has 0 saturated carbocycles. The molecule has 3 heterocycles. The molecule has 1 aliphatic heterocycles. The van der Waals surface area contributed by atoms with Gasteiger partial charge in [0.25, 0.3) is 0 Å². The molecule has 0 bridgehead atoms. The van der Waals surface area contributed by atoms with Crippen molar-refractivity contribution < 1.29 is 37.0 Å². The van der Waals surface area contributed by atoms with Gasteiger partial charge in [-0.15, -0.1) is 23.1 Å². The normalized spacial score (nSPS) is 14.7. The Morgan fingerprint density at radius 2 is 1.69 bits per heavy atom. The minimum absolute atomic E-state index is 0.0733. The number of carbonyl (C=O) groups excluding carboxylic acids is 2. The first-order valence-electron chi connectivity index (χ1n) is 16.6. The fraction of sp³-hybridized carbons (Fsp3) is 0.333. The number of amides is 2. The van der Waals surface area contributed by atoms with Crippen LogP contribution in [0.2, 0.25) is 0 Å². The van der Waals surface area contributed by atoms with Gasteiger partial charge in [0, 0.05) is 46.9 Å². The summed E-state index contributed by atoms with van der Waals surface area (Å²) < 4.78 is 48.1. The first kappa shape index (κ1) is 36.7. The lowest BCUT2D eigenvalue weighted by Crippen LogP contribution is -2.42. The van der Waals surface area contributed by atoms with E-state index in [1.54, 1.807) is 41.2 Å². The highest BCUT2D eigenvalue weighted by molar-refractivity contribution is 8.00. The van der Waals surface area contributed by atoms with Gasteiger partial charge in [-0.25, -0.2) is 13.4 Å². The van der Waals surface area contributed by atoms with Crippen molar-refractivity contribution in [1.29, 1.82) is 0 Å². The highest BCUT2D eigenvalue weighted by Gasteiger charge is 2.27. The molecule has 2 aromatic heterocycles. The van der Waals surface area contributed by atoms with E-state index in [-0.39, 0.29) is 40.9 Å². The summed E-state index contributed by atoms with van der Waals surface area (Å²) in [4.78, 5) is 33.3. The maximum atomic E-state index is 12.2. The number of carbonyl (C=O) groups is 2. The number of thiazole rings is 1. The molecule has 1 saturated heterocycles. The van der Waals surface area contributed by atoms with Crippen molar-refractivity contribution in [3.63, 3.8) is 0 Å². The molecule has 5 aromatic rings. The zero-order valence-corrected chi connectivity index (χ0v) is 30.2. The van der Waals surface area contributed by atoms with E-state index >= 15 is 0 Å². The maximum Gasteiger partial charge on any atom is 0.240 e. The lowest BCUT2D eigenvalue weighted by molar-refractivity contribution is -0.132. The fourth-order valence-electron chi connectivity index (χ4n) is 5.48. The van der Waals surface area contributed by atoms with Gasteiger partial charge in [0.15, 0.2) is 10.7 Å². The summed E-state index contributed by atoms with van der Waals surface area (Å²) in [7, 11) is -2.92. The summed E-state index contributed by atoms with van der Waals surface area (Å²) in [5, 5.41) is 6.18. The number of thiol groups is 1. The second kappa shape index (κ2) is 18.4. The van der Waals surface area contributed by atoms with E-state index in [0.29, 0.717) is 56.8 Å². The van der Waals surface area contributed by atoms with Crippen LogP contribution in [0.4, 0.5) is 11.4 Å². The third-order valence-corrected chi connectivity index (χ3v) is 10.8. The number of ether oxygens (including phenoxy) is 4. The number of hydrogen-bond acceptors (Lipinski definition) is 13. The first-order valence-corrected chi connectivity index (χ1v) is 19.5. The number of imide groups is 1. The Morgan fingerprint density at radius 3 is 2.49 bits per heavy atom. The lowest BCUT2D eigenvalue weighted by Gasteiger charge is -2.20. The molecule has 268 valence electrons. The molecule has 6 rings (SSSR count). The molecule has 2 N–H and O–H groups in total. The van der Waals surface area contributed by atoms with Crippen LogP contribution in [-0.2, 0) is 40.9 Å². The van der Waals surface area contributed by atoms with Crippen molar-refractivity contribution in [2.45, 2.75) is 40.7 Å². The quantitative estimate of drug-likeness (QED) is 0.0553. The number of aromatic nitrogens is 2. The minimum Gasteiger partial charge on any atom is -0.490 e. The topological polar surface area (TPSA) is 155 Å². The van der Waals surface area contributed by atoms with Gasteiger partial charge in [0.05, 0.1) is 59.5 Å². The summed E-state index contributed by atoms with van der Waals surface area (Å²) >= 11 is 3.06. The maximum absolute atomic E-state index is 12.2. The van der Waals surface area contributed by atoms with Crippen molar-refractivity contribution in [2.24, 2.45) is 0 Å². The van der Waals surface area contributed by atoms with Crippen LogP contribution in [0.5, 0.6) is 5.75 Å². The average molecular weight is 751 g/mol. The number of benzene rings is 3. The molecular formula is C36H38N4O8S3. The molecule has 1 atom stereocenters. The van der Waals surface area contributed by atoms with E-state index < -0.39 is 10.7 Å². The van der Waals surface area contributed by atoms with E-state index in [1.807, 2.05) is 30.3 Å². The summed E-state index contributed by atoms with van der Waals surface area (Å²) in [6.07, 6.45) is 4.30. The van der Waals surface area contributed by atoms with Crippen molar-refractivity contribution in [3.05, 3.63) is 77.9 Å². The van der Waals surface area contributed by atoms with E-state index in [2.05, 4.69) is 32.7 Å². The van der Waals surface area contributed by atoms with Crippen LogP contribution in [0.25, 0.3) is 21.1 Å². The summed E-state index contributed by atoms with van der Waals surface area (Å²) in [5.41, 5.74) is 6.01. The lowest BCUT2D eigenvalue weighted by atomic mass is 10.1. The largest absolute Gasteiger partial charge is 0.490 e. The van der Waals surface area contributed by atoms with Gasteiger partial charge in [-0.05, 0) is 67.3 Å². The SMILES string of the molecule is O=C1CCC(Sc2cccc(CCCOCCOCCOCCOc3cc4nccc(Nc5ccc6scnc6c5)c4cc3[SH](=O)=O)c2)C(=O)N1. The molecule has 1 unspecified atom stereocenters. The number of nitrogens with zero attached hydrogens (tertiary/aromatic N) is 2. The van der Waals surface area contributed by atoms with Crippen molar-refractivity contribution in [1.82, 2.24) is 15.3 Å². The third kappa shape index (κ3) is 10.5. The van der Waals surface area contributed by atoms with E-state index in [1.165, 1.54) is 17.3 Å². The summed E-state index contributed by atoms with van der Waals surface area (Å²) in [6, 6.07) is 19.0. The number of rotatable bonds is 19. The van der Waals surface area contributed by atoms with Gasteiger partial charge in [0.1, 0.15) is 17.3 Å². The summed E-state index contributed by atoms with van der Waals surface area (Å²) in [6.45, 7) is 2.69. The molecule has 3 aromatic carbocycles. The Kier molecular flexibility index (Phi) is 13.2. The van der Waals surface area contributed by atoms with Crippen molar-refractivity contribution in [3.8, 4) is 5.75 Å². The molecule has 51 heavy (non-hydrogen) atoms. The van der Waals surface area contributed by atoms with Crippen LogP contribution in [-0.4, -0.2) is 81.7 Å². The number of fused-ring (bicyclic) bond motifs is 2.